The van der Waals surface area contributed by atoms with Crippen molar-refractivity contribution in [2.45, 2.75) is 26.0 Å². The molecule has 3 heterocycles. The molecule has 0 bridgehead atoms. The van der Waals surface area contributed by atoms with E-state index in [1.54, 1.807) is 19.4 Å². The Morgan fingerprint density at radius 2 is 2.39 bits per heavy atom. The average molecular weight is 316 g/mol. The van der Waals surface area contributed by atoms with Gasteiger partial charge in [0.2, 0.25) is 0 Å². The molecule has 2 aromatic heterocycles. The van der Waals surface area contributed by atoms with Crippen molar-refractivity contribution in [3.05, 3.63) is 41.8 Å². The Morgan fingerprint density at radius 1 is 1.48 bits per heavy atom. The van der Waals surface area contributed by atoms with E-state index in [1.165, 1.54) is 0 Å². The highest BCUT2D eigenvalue weighted by Gasteiger charge is 2.27. The first-order chi connectivity index (χ1) is 11.3. The standard InChI is InChI=1S/C16H20N4O3/c1-22-11-15-18-14(19-23-15)10-20-8-4-5-12(9-20)16(21)13-6-2-3-7-17-13/h2-3,6-7,12H,4-5,8-11H2,1H3. The van der Waals surface area contributed by atoms with E-state index in [1.807, 2.05) is 12.1 Å². The van der Waals surface area contributed by atoms with Gasteiger partial charge < -0.3 is 9.26 Å². The number of hydrogen-bond acceptors (Lipinski definition) is 7. The van der Waals surface area contributed by atoms with Crippen molar-refractivity contribution < 1.29 is 14.1 Å². The molecule has 0 amide bonds. The largest absolute Gasteiger partial charge is 0.375 e. The number of pyridine rings is 1. The second-order valence-corrected chi connectivity index (χ2v) is 5.69. The first kappa shape index (κ1) is 15.8. The van der Waals surface area contributed by atoms with Crippen LogP contribution < -0.4 is 0 Å². The quantitative estimate of drug-likeness (QED) is 0.750. The van der Waals surface area contributed by atoms with Crippen molar-refractivity contribution in [1.82, 2.24) is 20.0 Å². The Bertz CT molecular complexity index is 644. The number of ether oxygens (including phenoxy) is 1. The van der Waals surface area contributed by atoms with Crippen molar-refractivity contribution >= 4 is 5.78 Å². The minimum Gasteiger partial charge on any atom is -0.375 e. The number of methoxy groups -OCH3 is 1. The van der Waals surface area contributed by atoms with Crippen LogP contribution in [0.2, 0.25) is 0 Å². The molecule has 23 heavy (non-hydrogen) atoms. The van der Waals surface area contributed by atoms with Crippen molar-refractivity contribution in [2.24, 2.45) is 5.92 Å². The van der Waals surface area contributed by atoms with Gasteiger partial charge in [0.25, 0.3) is 5.89 Å². The summed E-state index contributed by atoms with van der Waals surface area (Å²) in [7, 11) is 1.59. The molecule has 0 radical (unpaired) electrons. The van der Waals surface area contributed by atoms with Crippen LogP contribution in [0.4, 0.5) is 0 Å². The molecule has 1 unspecified atom stereocenters. The molecule has 1 aliphatic rings. The van der Waals surface area contributed by atoms with Crippen LogP contribution in [-0.2, 0) is 17.9 Å². The zero-order valence-corrected chi connectivity index (χ0v) is 13.1. The Labute approximate surface area is 134 Å². The maximum absolute atomic E-state index is 12.5. The molecule has 7 nitrogen and oxygen atoms in total. The number of likely N-dealkylation sites (tertiary alicyclic amines) is 1. The Hall–Kier alpha value is -2.12. The van der Waals surface area contributed by atoms with E-state index in [-0.39, 0.29) is 11.7 Å². The number of aromatic nitrogens is 3. The second-order valence-electron chi connectivity index (χ2n) is 5.69. The third kappa shape index (κ3) is 4.00. The van der Waals surface area contributed by atoms with Crippen molar-refractivity contribution in [3.8, 4) is 0 Å². The van der Waals surface area contributed by atoms with Crippen LogP contribution in [0.3, 0.4) is 0 Å². The summed E-state index contributed by atoms with van der Waals surface area (Å²) < 4.78 is 10.1. The van der Waals surface area contributed by atoms with Crippen LogP contribution in [0, 0.1) is 5.92 Å². The molecule has 0 aliphatic carbocycles. The molecule has 1 fully saturated rings. The first-order valence-electron chi connectivity index (χ1n) is 7.74. The van der Waals surface area contributed by atoms with E-state index >= 15 is 0 Å². The van der Waals surface area contributed by atoms with E-state index in [2.05, 4.69) is 20.0 Å². The van der Waals surface area contributed by atoms with Crippen LogP contribution in [0.25, 0.3) is 0 Å². The van der Waals surface area contributed by atoms with Gasteiger partial charge in [-0.15, -0.1) is 0 Å². The monoisotopic (exact) mass is 316 g/mol. The number of rotatable bonds is 6. The maximum atomic E-state index is 12.5. The topological polar surface area (TPSA) is 81.4 Å². The third-order valence-corrected chi connectivity index (χ3v) is 3.94. The number of hydrogen-bond donors (Lipinski definition) is 0. The summed E-state index contributed by atoms with van der Waals surface area (Å²) in [4.78, 5) is 23.2. The number of nitrogens with zero attached hydrogens (tertiary/aromatic N) is 4. The molecule has 0 saturated carbocycles. The highest BCUT2D eigenvalue weighted by molar-refractivity contribution is 5.96. The van der Waals surface area contributed by atoms with Gasteiger partial charge >= 0.3 is 0 Å². The average Bonchev–Trinajstić information content (AvgIpc) is 3.03. The van der Waals surface area contributed by atoms with Gasteiger partial charge in [-0.2, -0.15) is 4.98 Å². The lowest BCUT2D eigenvalue weighted by Crippen LogP contribution is -2.38. The van der Waals surface area contributed by atoms with Gasteiger partial charge in [-0.25, -0.2) is 0 Å². The Kier molecular flexibility index (Phi) is 5.09. The molecular weight excluding hydrogens is 296 g/mol. The van der Waals surface area contributed by atoms with E-state index < -0.39 is 0 Å². The number of Topliss-reactive ketones (excluding diaryl/α,β-unsaturated/α-hetero) is 1. The molecule has 0 aromatic carbocycles. The van der Waals surface area contributed by atoms with Gasteiger partial charge in [0.1, 0.15) is 12.3 Å². The molecule has 1 atom stereocenters. The normalized spacial score (nSPS) is 18.9. The van der Waals surface area contributed by atoms with Crippen LogP contribution >= 0.6 is 0 Å². The lowest BCUT2D eigenvalue weighted by molar-refractivity contribution is 0.0802. The predicted molar refractivity (Wildman–Crippen MR) is 81.6 cm³/mol. The maximum Gasteiger partial charge on any atom is 0.252 e. The fourth-order valence-corrected chi connectivity index (χ4v) is 2.87. The van der Waals surface area contributed by atoms with Crippen molar-refractivity contribution in [1.29, 1.82) is 0 Å². The summed E-state index contributed by atoms with van der Waals surface area (Å²) in [6, 6.07) is 5.44. The van der Waals surface area contributed by atoms with Crippen LogP contribution in [-0.4, -0.2) is 46.0 Å². The van der Waals surface area contributed by atoms with Gasteiger partial charge in [-0.3, -0.25) is 14.7 Å². The van der Waals surface area contributed by atoms with Gasteiger partial charge in [0.15, 0.2) is 11.6 Å². The Balaban J connectivity index is 1.60. The molecule has 1 aliphatic heterocycles. The van der Waals surface area contributed by atoms with E-state index in [9.17, 15) is 4.79 Å². The highest BCUT2D eigenvalue weighted by atomic mass is 16.5. The summed E-state index contributed by atoms with van der Waals surface area (Å²) >= 11 is 0. The SMILES string of the molecule is COCc1nc(CN2CCCC(C(=O)c3ccccn3)C2)no1. The fourth-order valence-electron chi connectivity index (χ4n) is 2.87. The second kappa shape index (κ2) is 7.43. The minimum atomic E-state index is -0.0241. The Morgan fingerprint density at radius 3 is 3.17 bits per heavy atom. The lowest BCUT2D eigenvalue weighted by Gasteiger charge is -2.30. The number of carbonyl (C=O) groups is 1. The van der Waals surface area contributed by atoms with Crippen LogP contribution in [0.15, 0.2) is 28.9 Å². The first-order valence-corrected chi connectivity index (χ1v) is 7.74. The summed E-state index contributed by atoms with van der Waals surface area (Å²) in [5, 5.41) is 3.95. The predicted octanol–water partition coefficient (Wildman–Crippen LogP) is 1.71. The van der Waals surface area contributed by atoms with Crippen LogP contribution in [0.1, 0.15) is 35.0 Å². The molecule has 2 aromatic rings. The number of carbonyl (C=O) groups excluding carboxylic acids is 1. The molecule has 1 saturated heterocycles. The minimum absolute atomic E-state index is 0.0241. The lowest BCUT2D eigenvalue weighted by atomic mass is 9.92. The molecule has 122 valence electrons. The van der Waals surface area contributed by atoms with Gasteiger partial charge in [-0.05, 0) is 31.5 Å². The van der Waals surface area contributed by atoms with Crippen molar-refractivity contribution in [3.63, 3.8) is 0 Å². The number of ketones is 1. The van der Waals surface area contributed by atoms with Crippen LogP contribution in [0.5, 0.6) is 0 Å². The highest BCUT2D eigenvalue weighted by Crippen LogP contribution is 2.21. The molecular formula is C16H20N4O3. The molecule has 7 heteroatoms. The number of piperidine rings is 1. The van der Waals surface area contributed by atoms with Gasteiger partial charge in [0.05, 0.1) is 6.54 Å². The fraction of sp³-hybridized carbons (Fsp3) is 0.500. The van der Waals surface area contributed by atoms with Crippen molar-refractivity contribution in [2.75, 3.05) is 20.2 Å². The summed E-state index contributed by atoms with van der Waals surface area (Å²) in [5.41, 5.74) is 0.543. The summed E-state index contributed by atoms with van der Waals surface area (Å²) in [6.07, 6.45) is 3.53. The third-order valence-electron chi connectivity index (χ3n) is 3.94. The van der Waals surface area contributed by atoms with E-state index in [0.29, 0.717) is 37.1 Å². The molecule has 3 rings (SSSR count). The molecule has 0 N–H and O–H groups in total. The van der Waals surface area contributed by atoms with E-state index in [0.717, 1.165) is 19.4 Å². The summed E-state index contributed by atoms with van der Waals surface area (Å²) in [6.45, 7) is 2.52. The van der Waals surface area contributed by atoms with Gasteiger partial charge in [-0.1, -0.05) is 11.2 Å². The molecule has 0 spiro atoms. The van der Waals surface area contributed by atoms with Gasteiger partial charge in [0, 0.05) is 25.8 Å². The smallest absolute Gasteiger partial charge is 0.252 e. The van der Waals surface area contributed by atoms with E-state index in [4.69, 9.17) is 9.26 Å². The zero-order valence-electron chi connectivity index (χ0n) is 13.1. The zero-order chi connectivity index (χ0) is 16.1. The summed E-state index contributed by atoms with van der Waals surface area (Å²) in [5.74, 6) is 1.19.